The molecule has 0 saturated heterocycles. The summed E-state index contributed by atoms with van der Waals surface area (Å²) in [5.74, 6) is 0.679. The molecule has 0 aliphatic heterocycles. The molecule has 0 aliphatic carbocycles. The maximum absolute atomic E-state index is 9.40. The lowest BCUT2D eigenvalue weighted by atomic mass is 9.86. The lowest BCUT2D eigenvalue weighted by molar-refractivity contribution is 0.153. The highest BCUT2D eigenvalue weighted by Gasteiger charge is 2.21. The first-order chi connectivity index (χ1) is 11.8. The zero-order valence-corrected chi connectivity index (χ0v) is 15.5. The molecule has 3 nitrogen and oxygen atoms in total. The van der Waals surface area contributed by atoms with Gasteiger partial charge in [0.2, 0.25) is 0 Å². The van der Waals surface area contributed by atoms with Crippen LogP contribution >= 0.6 is 0 Å². The van der Waals surface area contributed by atoms with Gasteiger partial charge in [0.25, 0.3) is 0 Å². The van der Waals surface area contributed by atoms with Crippen LogP contribution < -0.4 is 4.74 Å². The summed E-state index contributed by atoms with van der Waals surface area (Å²) < 4.78 is 6.18. The highest BCUT2D eigenvalue weighted by atomic mass is 16.5. The molecule has 0 spiro atoms. The van der Waals surface area contributed by atoms with E-state index >= 15 is 0 Å². The van der Waals surface area contributed by atoms with Crippen LogP contribution in [0.3, 0.4) is 0 Å². The van der Waals surface area contributed by atoms with E-state index in [1.165, 1.54) is 5.56 Å². The van der Waals surface area contributed by atoms with Crippen molar-refractivity contribution in [1.82, 2.24) is 0 Å². The van der Waals surface area contributed by atoms with Crippen LogP contribution in [0.2, 0.25) is 0 Å². The third-order valence-electron chi connectivity index (χ3n) is 4.22. The lowest BCUT2D eigenvalue weighted by Gasteiger charge is -2.25. The number of hydrogen-bond acceptors (Lipinski definition) is 3. The normalized spacial score (nSPS) is 12.3. The van der Waals surface area contributed by atoms with E-state index in [0.29, 0.717) is 16.9 Å². The van der Waals surface area contributed by atoms with Crippen molar-refractivity contribution < 1.29 is 4.74 Å². The molecule has 1 unspecified atom stereocenters. The summed E-state index contributed by atoms with van der Waals surface area (Å²) in [5, 5.41) is 18.6. The maximum Gasteiger partial charge on any atom is 0.139 e. The van der Waals surface area contributed by atoms with E-state index in [-0.39, 0.29) is 17.4 Å². The summed E-state index contributed by atoms with van der Waals surface area (Å²) in [6.07, 6.45) is -0.185. The third-order valence-corrected chi connectivity index (χ3v) is 4.22. The van der Waals surface area contributed by atoms with Crippen LogP contribution in [0.15, 0.2) is 42.5 Å². The fourth-order valence-electron chi connectivity index (χ4n) is 2.74. The molecule has 0 saturated carbocycles. The molecule has 0 aliphatic rings. The average molecular weight is 332 g/mol. The number of ether oxygens (including phenoxy) is 1. The van der Waals surface area contributed by atoms with Crippen molar-refractivity contribution in [2.45, 2.75) is 46.1 Å². The molecule has 2 aromatic rings. The molecule has 128 valence electrons. The van der Waals surface area contributed by atoms with Gasteiger partial charge in [-0.15, -0.1) is 0 Å². The lowest BCUT2D eigenvalue weighted by Crippen LogP contribution is -2.16. The molecule has 0 amide bonds. The minimum absolute atomic E-state index is 0.0990. The van der Waals surface area contributed by atoms with Gasteiger partial charge in [-0.25, -0.2) is 0 Å². The summed E-state index contributed by atoms with van der Waals surface area (Å²) in [4.78, 5) is 0. The van der Waals surface area contributed by atoms with Gasteiger partial charge in [-0.2, -0.15) is 10.5 Å². The Balaban J connectivity index is 2.38. The molecule has 0 N–H and O–H groups in total. The number of benzene rings is 2. The molecule has 0 heterocycles. The predicted molar refractivity (Wildman–Crippen MR) is 99.2 cm³/mol. The molecular formula is C22H24N2O. The van der Waals surface area contributed by atoms with Crippen LogP contribution in [0, 0.1) is 28.6 Å². The van der Waals surface area contributed by atoms with Crippen LogP contribution in [-0.4, -0.2) is 0 Å². The summed E-state index contributed by atoms with van der Waals surface area (Å²) in [6.45, 7) is 10.7. The van der Waals surface area contributed by atoms with Crippen LogP contribution in [0.5, 0.6) is 5.75 Å². The Bertz CT molecular complexity index is 815. The van der Waals surface area contributed by atoms with Crippen molar-refractivity contribution in [3.8, 4) is 17.9 Å². The summed E-state index contributed by atoms with van der Waals surface area (Å²) in [7, 11) is 0. The van der Waals surface area contributed by atoms with E-state index in [4.69, 9.17) is 4.74 Å². The van der Waals surface area contributed by atoms with Crippen molar-refractivity contribution in [2.24, 2.45) is 5.92 Å². The Morgan fingerprint density at radius 1 is 0.920 bits per heavy atom. The summed E-state index contributed by atoms with van der Waals surface area (Å²) in [6, 6.07) is 17.7. The smallest absolute Gasteiger partial charge is 0.139 e. The first-order valence-corrected chi connectivity index (χ1v) is 8.48. The zero-order chi connectivity index (χ0) is 18.6. The van der Waals surface area contributed by atoms with Crippen molar-refractivity contribution in [3.05, 3.63) is 64.7 Å². The Labute approximate surface area is 150 Å². The minimum atomic E-state index is -0.185. The van der Waals surface area contributed by atoms with E-state index in [2.05, 4.69) is 71.0 Å². The van der Waals surface area contributed by atoms with Gasteiger partial charge in [0.1, 0.15) is 29.6 Å². The first kappa shape index (κ1) is 18.6. The molecular weight excluding hydrogens is 308 g/mol. The fraction of sp³-hybridized carbons (Fsp3) is 0.364. The number of rotatable bonds is 4. The number of hydrogen-bond donors (Lipinski definition) is 0. The predicted octanol–water partition coefficient (Wildman–Crippen LogP) is 5.50. The second-order valence-corrected chi connectivity index (χ2v) is 7.56. The molecule has 0 radical (unpaired) electrons. The van der Waals surface area contributed by atoms with Crippen LogP contribution in [-0.2, 0) is 5.41 Å². The Morgan fingerprint density at radius 3 is 2.04 bits per heavy atom. The van der Waals surface area contributed by atoms with Gasteiger partial charge < -0.3 is 4.74 Å². The number of nitrogens with zero attached hydrogens (tertiary/aromatic N) is 2. The second kappa shape index (κ2) is 7.41. The zero-order valence-electron chi connectivity index (χ0n) is 15.5. The fourth-order valence-corrected chi connectivity index (χ4v) is 2.74. The van der Waals surface area contributed by atoms with Crippen molar-refractivity contribution >= 4 is 0 Å². The van der Waals surface area contributed by atoms with E-state index < -0.39 is 0 Å². The molecule has 0 fully saturated rings. The SMILES string of the molecule is CC(C)C(Oc1cccc(C#N)c1C#N)c1ccc(C(C)(C)C)cc1. The highest BCUT2D eigenvalue weighted by molar-refractivity contribution is 5.54. The van der Waals surface area contributed by atoms with Crippen LogP contribution in [0.25, 0.3) is 0 Å². The molecule has 2 rings (SSSR count). The minimum Gasteiger partial charge on any atom is -0.484 e. The molecule has 2 aromatic carbocycles. The van der Waals surface area contributed by atoms with Gasteiger partial charge in [-0.3, -0.25) is 0 Å². The van der Waals surface area contributed by atoms with Crippen LogP contribution in [0.4, 0.5) is 0 Å². The Morgan fingerprint density at radius 2 is 1.56 bits per heavy atom. The number of nitriles is 2. The van der Waals surface area contributed by atoms with Gasteiger partial charge in [0, 0.05) is 0 Å². The van der Waals surface area contributed by atoms with E-state index in [9.17, 15) is 10.5 Å². The standard InChI is InChI=1S/C22H24N2O/c1-15(2)21(16-9-11-18(12-10-16)22(3,4)5)25-20-8-6-7-17(13-23)19(20)14-24/h6-12,15,21H,1-5H3. The van der Waals surface area contributed by atoms with E-state index in [1.54, 1.807) is 18.2 Å². The van der Waals surface area contributed by atoms with Gasteiger partial charge in [-0.05, 0) is 34.6 Å². The molecule has 3 heteroatoms. The van der Waals surface area contributed by atoms with E-state index in [0.717, 1.165) is 5.56 Å². The van der Waals surface area contributed by atoms with Gasteiger partial charge in [0.15, 0.2) is 0 Å². The van der Waals surface area contributed by atoms with Crippen LogP contribution in [0.1, 0.15) is 63.0 Å². The highest BCUT2D eigenvalue weighted by Crippen LogP contribution is 2.32. The van der Waals surface area contributed by atoms with Crippen molar-refractivity contribution in [3.63, 3.8) is 0 Å². The van der Waals surface area contributed by atoms with E-state index in [1.807, 2.05) is 0 Å². The quantitative estimate of drug-likeness (QED) is 0.742. The first-order valence-electron chi connectivity index (χ1n) is 8.48. The monoisotopic (exact) mass is 332 g/mol. The summed E-state index contributed by atoms with van der Waals surface area (Å²) in [5.41, 5.74) is 3.06. The largest absolute Gasteiger partial charge is 0.484 e. The van der Waals surface area contributed by atoms with Gasteiger partial charge in [0.05, 0.1) is 5.56 Å². The molecule has 25 heavy (non-hydrogen) atoms. The van der Waals surface area contributed by atoms with Crippen molar-refractivity contribution in [2.75, 3.05) is 0 Å². The Kier molecular flexibility index (Phi) is 5.50. The van der Waals surface area contributed by atoms with Gasteiger partial charge >= 0.3 is 0 Å². The molecule has 0 aromatic heterocycles. The van der Waals surface area contributed by atoms with Crippen molar-refractivity contribution in [1.29, 1.82) is 10.5 Å². The molecule has 0 bridgehead atoms. The second-order valence-electron chi connectivity index (χ2n) is 7.56. The third kappa shape index (κ3) is 4.20. The average Bonchev–Trinajstić information content (AvgIpc) is 2.58. The topological polar surface area (TPSA) is 56.8 Å². The maximum atomic E-state index is 9.40. The Hall–Kier alpha value is -2.78. The van der Waals surface area contributed by atoms with Gasteiger partial charge in [-0.1, -0.05) is 65.0 Å². The summed E-state index contributed by atoms with van der Waals surface area (Å²) >= 11 is 0. The molecule has 1 atom stereocenters.